The van der Waals surface area contributed by atoms with Crippen LogP contribution < -0.4 is 15.4 Å². The summed E-state index contributed by atoms with van der Waals surface area (Å²) in [5.41, 5.74) is 3.85. The van der Waals surface area contributed by atoms with E-state index in [4.69, 9.17) is 4.74 Å². The number of benzene rings is 2. The summed E-state index contributed by atoms with van der Waals surface area (Å²) in [6.45, 7) is 4.36. The molecule has 0 radical (unpaired) electrons. The van der Waals surface area contributed by atoms with Gasteiger partial charge in [0.15, 0.2) is 5.96 Å². The molecule has 2 aromatic carbocycles. The van der Waals surface area contributed by atoms with Crippen LogP contribution in [0.5, 0.6) is 5.88 Å². The van der Waals surface area contributed by atoms with Crippen LogP contribution in [0.15, 0.2) is 77.9 Å². The van der Waals surface area contributed by atoms with E-state index in [0.717, 1.165) is 29.2 Å². The van der Waals surface area contributed by atoms with Crippen molar-refractivity contribution in [1.82, 2.24) is 20.5 Å². The first-order chi connectivity index (χ1) is 16.0. The molecule has 33 heavy (non-hydrogen) atoms. The molecule has 0 fully saturated rings. The van der Waals surface area contributed by atoms with Crippen molar-refractivity contribution in [3.05, 3.63) is 95.2 Å². The Morgan fingerprint density at radius 2 is 1.73 bits per heavy atom. The average Bonchev–Trinajstić information content (AvgIpc) is 2.85. The minimum absolute atomic E-state index is 0.00567. The monoisotopic (exact) mass is 445 g/mol. The first kappa shape index (κ1) is 23.8. The van der Waals surface area contributed by atoms with Gasteiger partial charge in [-0.05, 0) is 41.8 Å². The molecule has 0 saturated heterocycles. The van der Waals surface area contributed by atoms with Crippen LogP contribution in [0, 0.1) is 0 Å². The highest BCUT2D eigenvalue weighted by atomic mass is 16.5. The molecule has 0 saturated carbocycles. The second-order valence-electron chi connectivity index (χ2n) is 7.72. The third-order valence-corrected chi connectivity index (χ3v) is 4.86. The van der Waals surface area contributed by atoms with Crippen molar-refractivity contribution in [3.8, 4) is 5.88 Å². The molecule has 3 aromatic rings. The van der Waals surface area contributed by atoms with Gasteiger partial charge in [0.05, 0.1) is 6.54 Å². The predicted octanol–water partition coefficient (Wildman–Crippen LogP) is 3.62. The Morgan fingerprint density at radius 3 is 2.42 bits per heavy atom. The lowest BCUT2D eigenvalue weighted by molar-refractivity contribution is 0.0827. The molecular formula is C26H31N5O2. The number of nitrogens with one attached hydrogen (secondary N) is 2. The summed E-state index contributed by atoms with van der Waals surface area (Å²) < 4.78 is 5.82. The quantitative estimate of drug-likeness (QED) is 0.389. The van der Waals surface area contributed by atoms with Gasteiger partial charge in [0.2, 0.25) is 5.88 Å². The molecule has 1 heterocycles. The van der Waals surface area contributed by atoms with Crippen LogP contribution in [0.25, 0.3) is 0 Å². The molecule has 7 heteroatoms. The molecule has 7 nitrogen and oxygen atoms in total. The van der Waals surface area contributed by atoms with Gasteiger partial charge in [-0.25, -0.2) is 9.98 Å². The van der Waals surface area contributed by atoms with Crippen molar-refractivity contribution in [2.24, 2.45) is 4.99 Å². The number of ether oxygens (including phenoxy) is 1. The smallest absolute Gasteiger partial charge is 0.253 e. The fourth-order valence-electron chi connectivity index (χ4n) is 3.08. The molecule has 2 N–H and O–H groups in total. The Balaban J connectivity index is 1.56. The summed E-state index contributed by atoms with van der Waals surface area (Å²) in [5, 5.41) is 6.60. The summed E-state index contributed by atoms with van der Waals surface area (Å²) in [7, 11) is 3.50. The zero-order valence-corrected chi connectivity index (χ0v) is 19.4. The van der Waals surface area contributed by atoms with E-state index < -0.39 is 0 Å². The normalized spacial score (nSPS) is 11.1. The van der Waals surface area contributed by atoms with Gasteiger partial charge in [-0.1, -0.05) is 42.5 Å². The molecule has 0 bridgehead atoms. The fourth-order valence-corrected chi connectivity index (χ4v) is 3.08. The molecule has 0 spiro atoms. The number of guanidine groups is 1. The van der Waals surface area contributed by atoms with E-state index >= 15 is 0 Å². The van der Waals surface area contributed by atoms with E-state index in [1.165, 1.54) is 0 Å². The number of aliphatic imine (C=N–C) groups is 1. The van der Waals surface area contributed by atoms with Crippen LogP contribution in [-0.4, -0.2) is 42.4 Å². The minimum atomic E-state index is -0.00567. The summed E-state index contributed by atoms with van der Waals surface area (Å²) >= 11 is 0. The highest BCUT2D eigenvalue weighted by molar-refractivity contribution is 5.93. The van der Waals surface area contributed by atoms with Crippen molar-refractivity contribution in [1.29, 1.82) is 0 Å². The van der Waals surface area contributed by atoms with E-state index in [-0.39, 0.29) is 5.91 Å². The predicted molar refractivity (Wildman–Crippen MR) is 131 cm³/mol. The summed E-state index contributed by atoms with van der Waals surface area (Å²) in [4.78, 5) is 22.6. The Bertz CT molecular complexity index is 1050. The van der Waals surface area contributed by atoms with Gasteiger partial charge in [-0.3, -0.25) is 4.79 Å². The van der Waals surface area contributed by atoms with Gasteiger partial charge in [-0.15, -0.1) is 0 Å². The molecule has 0 aliphatic carbocycles. The number of carbonyl (C=O) groups excluding carboxylic acids is 1. The highest BCUT2D eigenvalue weighted by Crippen LogP contribution is 2.13. The van der Waals surface area contributed by atoms with E-state index in [1.54, 1.807) is 25.2 Å². The van der Waals surface area contributed by atoms with Crippen molar-refractivity contribution < 1.29 is 9.53 Å². The number of aromatic nitrogens is 1. The second kappa shape index (κ2) is 12.2. The van der Waals surface area contributed by atoms with Gasteiger partial charge in [0.1, 0.15) is 6.61 Å². The van der Waals surface area contributed by atoms with Gasteiger partial charge in [-0.2, -0.15) is 0 Å². The lowest BCUT2D eigenvalue weighted by atomic mass is 10.1. The number of amides is 1. The van der Waals surface area contributed by atoms with Crippen LogP contribution in [-0.2, 0) is 19.7 Å². The van der Waals surface area contributed by atoms with E-state index in [1.807, 2.05) is 73.7 Å². The molecular weight excluding hydrogens is 414 g/mol. The molecule has 1 aromatic heterocycles. The number of pyridine rings is 1. The van der Waals surface area contributed by atoms with Crippen LogP contribution in [0.2, 0.25) is 0 Å². The molecule has 0 aliphatic heterocycles. The van der Waals surface area contributed by atoms with Crippen LogP contribution in [0.3, 0.4) is 0 Å². The summed E-state index contributed by atoms with van der Waals surface area (Å²) in [6, 6.07) is 21.4. The number of hydrogen-bond acceptors (Lipinski definition) is 4. The lowest BCUT2D eigenvalue weighted by Gasteiger charge is -2.13. The SMILES string of the molecule is CCNC(=NCc1ccnc(OCc2ccccc2)c1)NCc1ccc(C(=O)N(C)C)cc1. The number of hydrogen-bond donors (Lipinski definition) is 2. The first-order valence-electron chi connectivity index (χ1n) is 11.0. The van der Waals surface area contributed by atoms with Crippen LogP contribution >= 0.6 is 0 Å². The second-order valence-corrected chi connectivity index (χ2v) is 7.72. The maximum Gasteiger partial charge on any atom is 0.253 e. The van der Waals surface area contributed by atoms with Gasteiger partial charge >= 0.3 is 0 Å². The number of rotatable bonds is 9. The van der Waals surface area contributed by atoms with Crippen molar-refractivity contribution >= 4 is 11.9 Å². The Kier molecular flexibility index (Phi) is 8.82. The Morgan fingerprint density at radius 1 is 0.970 bits per heavy atom. The first-order valence-corrected chi connectivity index (χ1v) is 11.0. The van der Waals surface area contributed by atoms with Crippen molar-refractivity contribution in [2.75, 3.05) is 20.6 Å². The Labute approximate surface area is 195 Å². The van der Waals surface area contributed by atoms with E-state index in [2.05, 4.69) is 20.6 Å². The lowest BCUT2D eigenvalue weighted by Crippen LogP contribution is -2.36. The molecule has 3 rings (SSSR count). The molecule has 172 valence electrons. The Hall–Kier alpha value is -3.87. The van der Waals surface area contributed by atoms with Crippen LogP contribution in [0.4, 0.5) is 0 Å². The molecule has 0 aliphatic rings. The largest absolute Gasteiger partial charge is 0.473 e. The molecule has 0 atom stereocenters. The van der Waals surface area contributed by atoms with E-state index in [9.17, 15) is 4.79 Å². The third kappa shape index (κ3) is 7.64. The van der Waals surface area contributed by atoms with Gasteiger partial charge in [0.25, 0.3) is 5.91 Å². The number of nitrogens with zero attached hydrogens (tertiary/aromatic N) is 3. The maximum absolute atomic E-state index is 12.0. The average molecular weight is 446 g/mol. The minimum Gasteiger partial charge on any atom is -0.473 e. The third-order valence-electron chi connectivity index (χ3n) is 4.86. The topological polar surface area (TPSA) is 78.9 Å². The van der Waals surface area contributed by atoms with Gasteiger partial charge < -0.3 is 20.3 Å². The zero-order valence-electron chi connectivity index (χ0n) is 19.4. The number of carbonyl (C=O) groups is 1. The summed E-state index contributed by atoms with van der Waals surface area (Å²) in [5.74, 6) is 1.29. The standard InChI is InChI=1S/C26H31N5O2/c1-4-27-26(29-17-20-10-12-23(13-11-20)25(32)31(2)3)30-18-22-14-15-28-24(16-22)33-19-21-8-6-5-7-9-21/h5-16H,4,17-19H2,1-3H3,(H2,27,29,30). The highest BCUT2D eigenvalue weighted by Gasteiger charge is 2.07. The van der Waals surface area contributed by atoms with Crippen molar-refractivity contribution in [2.45, 2.75) is 26.6 Å². The summed E-state index contributed by atoms with van der Waals surface area (Å²) in [6.07, 6.45) is 1.74. The molecule has 1 amide bonds. The van der Waals surface area contributed by atoms with Gasteiger partial charge in [0, 0.05) is 45.0 Å². The fraction of sp³-hybridized carbons (Fsp3) is 0.269. The molecule has 0 unspecified atom stereocenters. The van der Waals surface area contributed by atoms with E-state index in [0.29, 0.717) is 31.1 Å². The maximum atomic E-state index is 12.0. The zero-order chi connectivity index (χ0) is 23.5. The van der Waals surface area contributed by atoms with Crippen LogP contribution in [0.1, 0.15) is 34.0 Å². The van der Waals surface area contributed by atoms with Crippen molar-refractivity contribution in [3.63, 3.8) is 0 Å².